The molecule has 0 saturated heterocycles. The molecule has 2 aromatic heterocycles. The standard InChI is InChI=1S/C24H23N3O5S/c1-5-30-20-12-16(6-11-19(20)32-15(4)28)13-21-23(29)27-24(33-21)25-22(26-27)17-7-9-18(10-8-17)31-14(2)3/h6-14H,5H2,1-4H3/b21-13+. The number of esters is 1. The van der Waals surface area contributed by atoms with Crippen LogP contribution in [0.25, 0.3) is 22.4 Å². The molecule has 0 bridgehead atoms. The van der Waals surface area contributed by atoms with Crippen LogP contribution in [-0.2, 0) is 4.79 Å². The quantitative estimate of drug-likeness (QED) is 0.305. The molecule has 0 amide bonds. The average molecular weight is 466 g/mol. The van der Waals surface area contributed by atoms with Crippen LogP contribution in [0, 0.1) is 0 Å². The van der Waals surface area contributed by atoms with E-state index in [1.165, 1.54) is 22.8 Å². The maximum atomic E-state index is 12.9. The molecule has 0 atom stereocenters. The highest BCUT2D eigenvalue weighted by Gasteiger charge is 2.13. The predicted octanol–water partition coefficient (Wildman–Crippen LogP) is 3.48. The first-order chi connectivity index (χ1) is 15.8. The van der Waals surface area contributed by atoms with Crippen LogP contribution in [0.15, 0.2) is 47.3 Å². The fourth-order valence-electron chi connectivity index (χ4n) is 3.18. The summed E-state index contributed by atoms with van der Waals surface area (Å²) in [7, 11) is 0. The number of fused-ring (bicyclic) bond motifs is 1. The number of thiazole rings is 1. The Morgan fingerprint density at radius 1 is 1.15 bits per heavy atom. The summed E-state index contributed by atoms with van der Waals surface area (Å²) >= 11 is 1.25. The van der Waals surface area contributed by atoms with E-state index in [1.807, 2.05) is 45.0 Å². The summed E-state index contributed by atoms with van der Waals surface area (Å²) in [4.78, 5) is 29.2. The minimum Gasteiger partial charge on any atom is -0.491 e. The topological polar surface area (TPSA) is 92.0 Å². The normalized spacial score (nSPS) is 11.8. The lowest BCUT2D eigenvalue weighted by atomic mass is 10.2. The molecule has 0 N–H and O–H groups in total. The molecule has 0 radical (unpaired) electrons. The molecule has 4 aromatic rings. The second kappa shape index (κ2) is 9.41. The molecule has 0 aliphatic carbocycles. The van der Waals surface area contributed by atoms with Gasteiger partial charge in [0.2, 0.25) is 4.96 Å². The SMILES string of the molecule is CCOc1cc(/C=c2/sc3nc(-c4ccc(OC(C)C)cc4)nn3c2=O)ccc1OC(C)=O. The number of benzene rings is 2. The number of ether oxygens (including phenoxy) is 3. The molecule has 2 heterocycles. The van der Waals surface area contributed by atoms with Crippen molar-refractivity contribution in [3.05, 3.63) is 62.9 Å². The first-order valence-electron chi connectivity index (χ1n) is 10.5. The van der Waals surface area contributed by atoms with Crippen LogP contribution in [0.3, 0.4) is 0 Å². The van der Waals surface area contributed by atoms with Gasteiger partial charge in [-0.15, -0.1) is 5.10 Å². The van der Waals surface area contributed by atoms with Gasteiger partial charge in [-0.3, -0.25) is 9.59 Å². The van der Waals surface area contributed by atoms with Crippen LogP contribution in [0.1, 0.15) is 33.3 Å². The van der Waals surface area contributed by atoms with Gasteiger partial charge < -0.3 is 14.2 Å². The Kier molecular flexibility index (Phi) is 6.41. The number of aromatic nitrogens is 3. The number of rotatable bonds is 7. The third-order valence-electron chi connectivity index (χ3n) is 4.49. The lowest BCUT2D eigenvalue weighted by Crippen LogP contribution is -2.23. The summed E-state index contributed by atoms with van der Waals surface area (Å²) in [5.74, 6) is 1.58. The Bertz CT molecular complexity index is 1410. The van der Waals surface area contributed by atoms with E-state index in [4.69, 9.17) is 14.2 Å². The van der Waals surface area contributed by atoms with Crippen LogP contribution in [-0.4, -0.2) is 33.3 Å². The largest absolute Gasteiger partial charge is 0.491 e. The van der Waals surface area contributed by atoms with Gasteiger partial charge in [0.1, 0.15) is 5.75 Å². The van der Waals surface area contributed by atoms with Crippen molar-refractivity contribution in [2.75, 3.05) is 6.61 Å². The van der Waals surface area contributed by atoms with Crippen molar-refractivity contribution in [1.82, 2.24) is 14.6 Å². The maximum Gasteiger partial charge on any atom is 0.308 e. The van der Waals surface area contributed by atoms with Gasteiger partial charge in [0.05, 0.1) is 17.2 Å². The number of hydrogen-bond donors (Lipinski definition) is 0. The van der Waals surface area contributed by atoms with Crippen molar-refractivity contribution in [3.8, 4) is 28.6 Å². The Balaban J connectivity index is 1.65. The van der Waals surface area contributed by atoms with Crippen molar-refractivity contribution in [2.45, 2.75) is 33.8 Å². The van der Waals surface area contributed by atoms with Crippen molar-refractivity contribution in [3.63, 3.8) is 0 Å². The highest BCUT2D eigenvalue weighted by Crippen LogP contribution is 2.29. The first kappa shape index (κ1) is 22.5. The lowest BCUT2D eigenvalue weighted by Gasteiger charge is -2.10. The van der Waals surface area contributed by atoms with Crippen LogP contribution in [0.4, 0.5) is 0 Å². The third kappa shape index (κ3) is 5.04. The molecular weight excluding hydrogens is 442 g/mol. The highest BCUT2D eigenvalue weighted by molar-refractivity contribution is 7.15. The summed E-state index contributed by atoms with van der Waals surface area (Å²) < 4.78 is 18.2. The first-order valence-corrected chi connectivity index (χ1v) is 11.3. The average Bonchev–Trinajstić information content (AvgIpc) is 3.29. The van der Waals surface area contributed by atoms with E-state index in [2.05, 4.69) is 10.1 Å². The molecule has 0 saturated carbocycles. The van der Waals surface area contributed by atoms with Crippen LogP contribution >= 0.6 is 11.3 Å². The zero-order valence-electron chi connectivity index (χ0n) is 18.7. The summed E-state index contributed by atoms with van der Waals surface area (Å²) in [5, 5.41) is 4.39. The van der Waals surface area contributed by atoms with Crippen molar-refractivity contribution in [2.24, 2.45) is 0 Å². The summed E-state index contributed by atoms with van der Waals surface area (Å²) in [6.45, 7) is 7.52. The van der Waals surface area contributed by atoms with Crippen LogP contribution < -0.4 is 24.3 Å². The molecule has 2 aromatic carbocycles. The van der Waals surface area contributed by atoms with Gasteiger partial charge in [-0.25, -0.2) is 0 Å². The third-order valence-corrected chi connectivity index (χ3v) is 5.44. The maximum absolute atomic E-state index is 12.9. The van der Waals surface area contributed by atoms with Crippen LogP contribution in [0.2, 0.25) is 0 Å². The fourth-order valence-corrected chi connectivity index (χ4v) is 4.09. The molecule has 9 heteroatoms. The van der Waals surface area contributed by atoms with Gasteiger partial charge in [-0.1, -0.05) is 17.4 Å². The second-order valence-corrected chi connectivity index (χ2v) is 8.48. The van der Waals surface area contributed by atoms with E-state index in [0.29, 0.717) is 33.4 Å². The molecule has 8 nitrogen and oxygen atoms in total. The molecule has 0 aliphatic rings. The summed E-state index contributed by atoms with van der Waals surface area (Å²) in [6, 6.07) is 12.6. The minimum atomic E-state index is -0.432. The lowest BCUT2D eigenvalue weighted by molar-refractivity contribution is -0.132. The molecule has 4 rings (SSSR count). The molecule has 0 fully saturated rings. The molecule has 0 spiro atoms. The highest BCUT2D eigenvalue weighted by atomic mass is 32.1. The summed E-state index contributed by atoms with van der Waals surface area (Å²) in [5.41, 5.74) is 1.28. The van der Waals surface area contributed by atoms with E-state index in [-0.39, 0.29) is 11.7 Å². The Morgan fingerprint density at radius 2 is 1.91 bits per heavy atom. The predicted molar refractivity (Wildman–Crippen MR) is 126 cm³/mol. The smallest absolute Gasteiger partial charge is 0.308 e. The van der Waals surface area contributed by atoms with Gasteiger partial charge in [0.15, 0.2) is 17.3 Å². The molecule has 0 unspecified atom stereocenters. The molecular formula is C24H23N3O5S. The van der Waals surface area contributed by atoms with E-state index >= 15 is 0 Å². The second-order valence-electron chi connectivity index (χ2n) is 7.47. The zero-order valence-corrected chi connectivity index (χ0v) is 19.5. The van der Waals surface area contributed by atoms with Gasteiger partial charge in [-0.2, -0.15) is 9.50 Å². The molecule has 0 aliphatic heterocycles. The van der Waals surface area contributed by atoms with Gasteiger partial charge >= 0.3 is 5.97 Å². The number of carbonyl (C=O) groups excluding carboxylic acids is 1. The zero-order chi connectivity index (χ0) is 23.5. The fraction of sp³-hybridized carbons (Fsp3) is 0.250. The number of hydrogen-bond acceptors (Lipinski definition) is 8. The van der Waals surface area contributed by atoms with Gasteiger partial charge in [-0.05, 0) is 68.8 Å². The Labute approximate surface area is 194 Å². The summed E-state index contributed by atoms with van der Waals surface area (Å²) in [6.07, 6.45) is 1.83. The van der Waals surface area contributed by atoms with Crippen LogP contribution in [0.5, 0.6) is 17.2 Å². The number of nitrogens with zero attached hydrogens (tertiary/aromatic N) is 3. The monoisotopic (exact) mass is 465 g/mol. The van der Waals surface area contributed by atoms with Crippen molar-refractivity contribution >= 4 is 28.3 Å². The van der Waals surface area contributed by atoms with Crippen molar-refractivity contribution < 1.29 is 19.0 Å². The van der Waals surface area contributed by atoms with E-state index in [1.54, 1.807) is 24.3 Å². The molecule has 33 heavy (non-hydrogen) atoms. The Morgan fingerprint density at radius 3 is 2.55 bits per heavy atom. The van der Waals surface area contributed by atoms with E-state index in [9.17, 15) is 9.59 Å². The van der Waals surface area contributed by atoms with E-state index in [0.717, 1.165) is 16.9 Å². The van der Waals surface area contributed by atoms with Crippen molar-refractivity contribution in [1.29, 1.82) is 0 Å². The van der Waals surface area contributed by atoms with E-state index < -0.39 is 5.97 Å². The minimum absolute atomic E-state index is 0.0899. The number of carbonyl (C=O) groups is 1. The molecule has 170 valence electrons. The van der Waals surface area contributed by atoms with Gasteiger partial charge in [0, 0.05) is 12.5 Å². The van der Waals surface area contributed by atoms with Gasteiger partial charge in [0.25, 0.3) is 5.56 Å². The Hall–Kier alpha value is -3.72.